The second-order valence-corrected chi connectivity index (χ2v) is 6.18. The van der Waals surface area contributed by atoms with Gasteiger partial charge in [0.25, 0.3) is 0 Å². The second kappa shape index (κ2) is 6.48. The maximum atomic E-state index is 12.6. The first kappa shape index (κ1) is 15.0. The Morgan fingerprint density at radius 3 is 2.77 bits per heavy atom. The monoisotopic (exact) mass is 302 g/mol. The fourth-order valence-corrected chi connectivity index (χ4v) is 2.80. The van der Waals surface area contributed by atoms with E-state index in [-0.39, 0.29) is 11.8 Å². The predicted molar refractivity (Wildman–Crippen MR) is 84.1 cm³/mol. The molecule has 1 atom stereocenters. The number of anilines is 1. The number of nitrogens with zero attached hydrogens (tertiary/aromatic N) is 1. The summed E-state index contributed by atoms with van der Waals surface area (Å²) in [5.74, 6) is 0.438. The van der Waals surface area contributed by atoms with E-state index in [9.17, 15) is 9.59 Å². The van der Waals surface area contributed by atoms with Gasteiger partial charge in [0.2, 0.25) is 0 Å². The average molecular weight is 302 g/mol. The molecule has 0 spiro atoms. The minimum Gasteiger partial charge on any atom is -0.381 e. The predicted octanol–water partition coefficient (Wildman–Crippen LogP) is 2.92. The molecule has 1 saturated heterocycles. The molecule has 0 bridgehead atoms. The third-order valence-corrected chi connectivity index (χ3v) is 4.25. The Morgan fingerprint density at radius 1 is 1.32 bits per heavy atom. The lowest BCUT2D eigenvalue weighted by molar-refractivity contribution is 0.101. The van der Waals surface area contributed by atoms with Crippen molar-refractivity contribution in [1.29, 1.82) is 0 Å². The number of amides is 2. The first-order chi connectivity index (χ1) is 10.6. The van der Waals surface area contributed by atoms with Crippen molar-refractivity contribution in [1.82, 2.24) is 4.90 Å². The quantitative estimate of drug-likeness (QED) is 0.851. The summed E-state index contributed by atoms with van der Waals surface area (Å²) in [7, 11) is 0. The molecule has 5 nitrogen and oxygen atoms in total. The third kappa shape index (κ3) is 3.65. The summed E-state index contributed by atoms with van der Waals surface area (Å²) in [5, 5.41) is 2.93. The van der Waals surface area contributed by atoms with Gasteiger partial charge in [-0.25, -0.2) is 4.79 Å². The molecule has 2 fully saturated rings. The van der Waals surface area contributed by atoms with Crippen LogP contribution in [0.5, 0.6) is 0 Å². The summed E-state index contributed by atoms with van der Waals surface area (Å²) in [6.45, 7) is 3.82. The first-order valence-corrected chi connectivity index (χ1v) is 7.90. The largest absolute Gasteiger partial charge is 0.381 e. The molecule has 0 aromatic heterocycles. The zero-order valence-corrected chi connectivity index (χ0v) is 12.9. The van der Waals surface area contributed by atoms with Crippen molar-refractivity contribution in [3.05, 3.63) is 29.8 Å². The van der Waals surface area contributed by atoms with Gasteiger partial charge in [-0.05, 0) is 38.3 Å². The van der Waals surface area contributed by atoms with Crippen LogP contribution in [0.15, 0.2) is 24.3 Å². The van der Waals surface area contributed by atoms with Gasteiger partial charge < -0.3 is 15.0 Å². The highest BCUT2D eigenvalue weighted by Crippen LogP contribution is 2.29. The Bertz CT molecular complexity index is 563. The van der Waals surface area contributed by atoms with E-state index in [0.29, 0.717) is 23.2 Å². The number of ether oxygens (including phenoxy) is 1. The lowest BCUT2D eigenvalue weighted by atomic mass is 10.1. The van der Waals surface area contributed by atoms with Crippen molar-refractivity contribution >= 4 is 17.5 Å². The number of carbonyl (C=O) groups is 2. The Labute approximate surface area is 130 Å². The molecule has 2 amide bonds. The number of benzene rings is 1. The molecular formula is C17H22N2O3. The van der Waals surface area contributed by atoms with Gasteiger partial charge >= 0.3 is 6.03 Å². The molecule has 1 aliphatic heterocycles. The van der Waals surface area contributed by atoms with E-state index < -0.39 is 0 Å². The van der Waals surface area contributed by atoms with Crippen molar-refractivity contribution in [3.8, 4) is 0 Å². The Morgan fingerprint density at radius 2 is 2.14 bits per heavy atom. The number of nitrogens with one attached hydrogen (secondary N) is 1. The van der Waals surface area contributed by atoms with Gasteiger partial charge in [0.15, 0.2) is 5.78 Å². The number of hydrogen-bond donors (Lipinski definition) is 1. The van der Waals surface area contributed by atoms with E-state index in [1.165, 1.54) is 6.92 Å². The molecule has 0 radical (unpaired) electrons. The number of rotatable bonds is 5. The van der Waals surface area contributed by atoms with Crippen molar-refractivity contribution < 1.29 is 14.3 Å². The van der Waals surface area contributed by atoms with E-state index in [4.69, 9.17) is 4.74 Å². The average Bonchev–Trinajstić information content (AvgIpc) is 3.21. The van der Waals surface area contributed by atoms with E-state index in [1.807, 2.05) is 11.0 Å². The summed E-state index contributed by atoms with van der Waals surface area (Å²) in [4.78, 5) is 25.9. The van der Waals surface area contributed by atoms with Gasteiger partial charge in [0.05, 0.1) is 6.61 Å². The fourth-order valence-electron chi connectivity index (χ4n) is 2.80. The molecule has 22 heavy (non-hydrogen) atoms. The molecule has 118 valence electrons. The Balaban J connectivity index is 1.65. The highest BCUT2D eigenvalue weighted by atomic mass is 16.5. The molecule has 1 N–H and O–H groups in total. The van der Waals surface area contributed by atoms with Gasteiger partial charge in [0.1, 0.15) is 0 Å². The number of urea groups is 1. The molecule has 1 aliphatic carbocycles. The van der Waals surface area contributed by atoms with Crippen molar-refractivity contribution in [3.63, 3.8) is 0 Å². The smallest absolute Gasteiger partial charge is 0.322 e. The second-order valence-electron chi connectivity index (χ2n) is 6.18. The molecule has 1 saturated carbocycles. The number of ketones is 1. The van der Waals surface area contributed by atoms with E-state index in [1.54, 1.807) is 18.2 Å². The van der Waals surface area contributed by atoms with Crippen molar-refractivity contribution in [2.24, 2.45) is 5.92 Å². The van der Waals surface area contributed by atoms with Gasteiger partial charge in [0, 0.05) is 36.4 Å². The SMILES string of the molecule is CC(=O)c1cccc(NC(=O)N(CC2CCOC2)C2CC2)c1. The molecule has 1 unspecified atom stereocenters. The van der Waals surface area contributed by atoms with Crippen LogP contribution in [0.1, 0.15) is 36.5 Å². The van der Waals surface area contributed by atoms with Crippen LogP contribution in [0.25, 0.3) is 0 Å². The van der Waals surface area contributed by atoms with Crippen LogP contribution in [-0.2, 0) is 4.74 Å². The van der Waals surface area contributed by atoms with Crippen LogP contribution in [0.3, 0.4) is 0 Å². The molecule has 5 heteroatoms. The lowest BCUT2D eigenvalue weighted by Gasteiger charge is -2.25. The number of hydrogen-bond acceptors (Lipinski definition) is 3. The van der Waals surface area contributed by atoms with E-state index in [2.05, 4.69) is 5.32 Å². The van der Waals surface area contributed by atoms with Crippen LogP contribution in [0, 0.1) is 5.92 Å². The van der Waals surface area contributed by atoms with Crippen molar-refractivity contribution in [2.75, 3.05) is 25.1 Å². The summed E-state index contributed by atoms with van der Waals surface area (Å²) in [6.07, 6.45) is 3.18. The van der Waals surface area contributed by atoms with Gasteiger partial charge in [-0.15, -0.1) is 0 Å². The highest BCUT2D eigenvalue weighted by molar-refractivity contribution is 5.96. The normalized spacial score (nSPS) is 20.7. The number of carbonyl (C=O) groups excluding carboxylic acids is 2. The van der Waals surface area contributed by atoms with Crippen LogP contribution in [0.2, 0.25) is 0 Å². The molecule has 1 aromatic carbocycles. The molecule has 1 heterocycles. The molecule has 1 aromatic rings. The number of Topliss-reactive ketones (excluding diaryl/α,β-unsaturated/α-hetero) is 1. The maximum Gasteiger partial charge on any atom is 0.322 e. The van der Waals surface area contributed by atoms with Crippen LogP contribution < -0.4 is 5.32 Å². The zero-order chi connectivity index (χ0) is 15.5. The summed E-state index contributed by atoms with van der Waals surface area (Å²) >= 11 is 0. The minimum absolute atomic E-state index is 0.00162. The van der Waals surface area contributed by atoms with Gasteiger partial charge in [-0.1, -0.05) is 12.1 Å². The third-order valence-electron chi connectivity index (χ3n) is 4.25. The van der Waals surface area contributed by atoms with Gasteiger partial charge in [-0.3, -0.25) is 4.79 Å². The van der Waals surface area contributed by atoms with Gasteiger partial charge in [-0.2, -0.15) is 0 Å². The Hall–Kier alpha value is -1.88. The molecule has 2 aliphatic rings. The molecule has 3 rings (SSSR count). The summed E-state index contributed by atoms with van der Waals surface area (Å²) in [5.41, 5.74) is 1.28. The van der Waals surface area contributed by atoms with Crippen LogP contribution >= 0.6 is 0 Å². The molecular weight excluding hydrogens is 280 g/mol. The van der Waals surface area contributed by atoms with Crippen LogP contribution in [-0.4, -0.2) is 42.5 Å². The summed E-state index contributed by atoms with van der Waals surface area (Å²) in [6, 6.07) is 7.37. The Kier molecular flexibility index (Phi) is 4.43. The van der Waals surface area contributed by atoms with Crippen LogP contribution in [0.4, 0.5) is 10.5 Å². The van der Waals surface area contributed by atoms with E-state index >= 15 is 0 Å². The maximum absolute atomic E-state index is 12.6. The highest BCUT2D eigenvalue weighted by Gasteiger charge is 2.34. The standard InChI is InChI=1S/C17H22N2O3/c1-12(20)14-3-2-4-15(9-14)18-17(21)19(16-5-6-16)10-13-7-8-22-11-13/h2-4,9,13,16H,5-8,10-11H2,1H3,(H,18,21). The topological polar surface area (TPSA) is 58.6 Å². The fraction of sp³-hybridized carbons (Fsp3) is 0.529. The summed E-state index contributed by atoms with van der Waals surface area (Å²) < 4.78 is 5.40. The first-order valence-electron chi connectivity index (χ1n) is 7.90. The van der Waals surface area contributed by atoms with Crippen molar-refractivity contribution in [2.45, 2.75) is 32.2 Å². The van der Waals surface area contributed by atoms with E-state index in [0.717, 1.165) is 39.0 Å². The lowest BCUT2D eigenvalue weighted by Crippen LogP contribution is -2.40. The zero-order valence-electron chi connectivity index (χ0n) is 12.9. The minimum atomic E-state index is -0.0740.